The fourth-order valence-corrected chi connectivity index (χ4v) is 1.16. The number of rotatable bonds is 6. The summed E-state index contributed by atoms with van der Waals surface area (Å²) in [4.78, 5) is 0. The van der Waals surface area contributed by atoms with Gasteiger partial charge in [-0.1, -0.05) is 0 Å². The Bertz CT molecular complexity index is 480. The van der Waals surface area contributed by atoms with Crippen LogP contribution in [0, 0.1) is 0 Å². The van der Waals surface area contributed by atoms with Gasteiger partial charge in [0.05, 0.1) is 0 Å². The molecule has 0 fully saturated rings. The Hall–Kier alpha value is -0.750. The fourth-order valence-electron chi connectivity index (χ4n) is 1.16. The standard InChI is InChI=1S/C8HF17O.BrH/c9-1(10,3(13,14)5(17,18)7(21,22)23)2(11,12)4(15,16)6(19,20)8(24,25)26;/h26H;1H. The summed E-state index contributed by atoms with van der Waals surface area (Å²) < 4.78 is 210. The molecule has 0 aliphatic carbocycles. The number of hydrogen-bond acceptors (Lipinski definition) is 1. The van der Waals surface area contributed by atoms with Gasteiger partial charge in [0.15, 0.2) is 0 Å². The largest absolute Gasteiger partial charge is 0.460 e. The van der Waals surface area contributed by atoms with Crippen LogP contribution >= 0.6 is 17.0 Å². The van der Waals surface area contributed by atoms with Gasteiger partial charge < -0.3 is 5.11 Å². The van der Waals surface area contributed by atoms with Crippen LogP contribution in [0.15, 0.2) is 0 Å². The van der Waals surface area contributed by atoms with Crippen molar-refractivity contribution in [3.8, 4) is 0 Å². The van der Waals surface area contributed by atoms with Crippen LogP contribution in [0.5, 0.6) is 0 Å². The maximum absolute atomic E-state index is 12.8. The smallest absolute Gasteiger partial charge is 0.331 e. The lowest BCUT2D eigenvalue weighted by molar-refractivity contribution is -0.474. The molecule has 0 aliphatic heterocycles. The van der Waals surface area contributed by atoms with Crippen LogP contribution in [0.3, 0.4) is 0 Å². The van der Waals surface area contributed by atoms with Gasteiger partial charge in [0.1, 0.15) is 0 Å². The van der Waals surface area contributed by atoms with Gasteiger partial charge in [-0.3, -0.25) is 0 Å². The van der Waals surface area contributed by atoms with E-state index in [2.05, 4.69) is 0 Å². The van der Waals surface area contributed by atoms with Gasteiger partial charge >= 0.3 is 47.8 Å². The molecule has 166 valence electrons. The summed E-state index contributed by atoms with van der Waals surface area (Å²) in [5.74, 6) is -50.5. The van der Waals surface area contributed by atoms with Crippen LogP contribution < -0.4 is 0 Å². The van der Waals surface area contributed by atoms with Crippen LogP contribution in [0.25, 0.3) is 0 Å². The molecule has 0 saturated heterocycles. The molecule has 0 heterocycles. The van der Waals surface area contributed by atoms with E-state index in [1.54, 1.807) is 0 Å². The second kappa shape index (κ2) is 6.65. The molecule has 0 aromatic carbocycles. The molecule has 0 aromatic rings. The molecule has 27 heavy (non-hydrogen) atoms. The van der Waals surface area contributed by atoms with E-state index in [-0.39, 0.29) is 17.0 Å². The summed E-state index contributed by atoms with van der Waals surface area (Å²) in [5.41, 5.74) is 0. The minimum absolute atomic E-state index is 0. The Balaban J connectivity index is 0. The van der Waals surface area contributed by atoms with Crippen molar-refractivity contribution < 1.29 is 79.7 Å². The van der Waals surface area contributed by atoms with Gasteiger partial charge in [-0.05, 0) is 0 Å². The van der Waals surface area contributed by atoms with E-state index in [0.29, 0.717) is 0 Å². The first-order valence-electron chi connectivity index (χ1n) is 5.19. The van der Waals surface area contributed by atoms with Crippen LogP contribution in [-0.4, -0.2) is 52.9 Å². The van der Waals surface area contributed by atoms with Crippen molar-refractivity contribution in [3.63, 3.8) is 0 Å². The lowest BCUT2D eigenvalue weighted by Gasteiger charge is -2.41. The first-order chi connectivity index (χ1) is 10.8. The quantitative estimate of drug-likeness (QED) is 0.461. The molecular formula is C8H2BrF17O. The average molecular weight is 517 g/mol. The fraction of sp³-hybridized carbons (Fsp3) is 1.00. The number of alkyl halides is 17. The molecule has 0 amide bonds. The maximum atomic E-state index is 12.8. The lowest BCUT2D eigenvalue weighted by atomic mass is 9.91. The van der Waals surface area contributed by atoms with Crippen LogP contribution in [0.2, 0.25) is 0 Å². The molecule has 0 rings (SSSR count). The monoisotopic (exact) mass is 516 g/mol. The summed E-state index contributed by atoms with van der Waals surface area (Å²) in [6, 6.07) is 0. The van der Waals surface area contributed by atoms with Crippen LogP contribution in [0.1, 0.15) is 0 Å². The van der Waals surface area contributed by atoms with E-state index in [4.69, 9.17) is 5.11 Å². The Morgan fingerprint density at radius 3 is 0.704 bits per heavy atom. The van der Waals surface area contributed by atoms with Crippen molar-refractivity contribution in [2.75, 3.05) is 0 Å². The summed E-state index contributed by atoms with van der Waals surface area (Å²) in [7, 11) is 0. The SMILES string of the molecule is Br.OC(F)(F)C(F)(F)C(F)(F)C(F)(F)C(F)(F)C(F)(F)C(F)(F)C(F)(F)F. The van der Waals surface area contributed by atoms with Crippen molar-refractivity contribution in [2.45, 2.75) is 47.8 Å². The molecular weight excluding hydrogens is 515 g/mol. The highest BCUT2D eigenvalue weighted by atomic mass is 79.9. The third kappa shape index (κ3) is 3.52. The van der Waals surface area contributed by atoms with Gasteiger partial charge in [0, 0.05) is 0 Å². The third-order valence-electron chi connectivity index (χ3n) is 2.71. The average Bonchev–Trinajstić information content (AvgIpc) is 2.34. The van der Waals surface area contributed by atoms with E-state index in [1.807, 2.05) is 0 Å². The zero-order chi connectivity index (χ0) is 22.0. The van der Waals surface area contributed by atoms with E-state index >= 15 is 0 Å². The lowest BCUT2D eigenvalue weighted by Crippen LogP contribution is -2.74. The van der Waals surface area contributed by atoms with Gasteiger partial charge in [-0.15, -0.1) is 17.0 Å². The van der Waals surface area contributed by atoms with Crippen molar-refractivity contribution in [1.29, 1.82) is 0 Å². The molecule has 0 bridgehead atoms. The van der Waals surface area contributed by atoms with Crippen molar-refractivity contribution in [3.05, 3.63) is 0 Å². The highest BCUT2D eigenvalue weighted by Gasteiger charge is 2.95. The first kappa shape index (κ1) is 28.5. The predicted molar refractivity (Wildman–Crippen MR) is 53.2 cm³/mol. The zero-order valence-corrected chi connectivity index (χ0v) is 13.0. The summed E-state index contributed by atoms with van der Waals surface area (Å²) in [6.45, 7) is 0. The van der Waals surface area contributed by atoms with Gasteiger partial charge in [0.2, 0.25) is 0 Å². The molecule has 0 unspecified atom stereocenters. The Kier molecular flexibility index (Phi) is 7.01. The number of hydrogen-bond donors (Lipinski definition) is 1. The van der Waals surface area contributed by atoms with E-state index in [1.165, 1.54) is 0 Å². The molecule has 1 N–H and O–H groups in total. The topological polar surface area (TPSA) is 20.2 Å². The van der Waals surface area contributed by atoms with Crippen molar-refractivity contribution in [2.24, 2.45) is 0 Å². The molecule has 0 atom stereocenters. The number of aliphatic hydroxyl groups is 1. The Morgan fingerprint density at radius 1 is 0.333 bits per heavy atom. The minimum Gasteiger partial charge on any atom is -0.331 e. The Morgan fingerprint density at radius 2 is 0.519 bits per heavy atom. The molecule has 0 aliphatic rings. The normalized spacial score (nSPS) is 16.2. The minimum atomic E-state index is -8.67. The highest BCUT2D eigenvalue weighted by Crippen LogP contribution is 2.63. The maximum Gasteiger partial charge on any atom is 0.460 e. The summed E-state index contributed by atoms with van der Waals surface area (Å²) >= 11 is 0. The molecule has 0 aromatic heterocycles. The molecule has 19 heteroatoms. The zero-order valence-electron chi connectivity index (χ0n) is 11.3. The first-order valence-corrected chi connectivity index (χ1v) is 5.19. The van der Waals surface area contributed by atoms with E-state index in [9.17, 15) is 74.6 Å². The number of halogens is 18. The summed E-state index contributed by atoms with van der Waals surface area (Å²) in [6.07, 6.45) is -15.1. The predicted octanol–water partition coefficient (Wildman–Crippen LogP) is 5.52. The van der Waals surface area contributed by atoms with Crippen LogP contribution in [0.4, 0.5) is 74.6 Å². The van der Waals surface area contributed by atoms with E-state index < -0.39 is 47.8 Å². The molecule has 0 radical (unpaired) electrons. The van der Waals surface area contributed by atoms with Gasteiger partial charge in [-0.2, -0.15) is 74.6 Å². The van der Waals surface area contributed by atoms with Crippen LogP contribution in [-0.2, 0) is 0 Å². The molecule has 0 saturated carbocycles. The van der Waals surface area contributed by atoms with Crippen molar-refractivity contribution in [1.82, 2.24) is 0 Å². The molecule has 0 spiro atoms. The van der Waals surface area contributed by atoms with Gasteiger partial charge in [-0.25, -0.2) is 0 Å². The van der Waals surface area contributed by atoms with Gasteiger partial charge in [0.25, 0.3) is 0 Å². The third-order valence-corrected chi connectivity index (χ3v) is 2.71. The molecule has 1 nitrogen and oxygen atoms in total. The van der Waals surface area contributed by atoms with E-state index in [0.717, 1.165) is 0 Å². The second-order valence-electron chi connectivity index (χ2n) is 4.49. The highest BCUT2D eigenvalue weighted by molar-refractivity contribution is 8.93. The summed E-state index contributed by atoms with van der Waals surface area (Å²) in [5, 5.41) is 7.34. The van der Waals surface area contributed by atoms with Crippen molar-refractivity contribution >= 4 is 17.0 Å². The second-order valence-corrected chi connectivity index (χ2v) is 4.49. The Labute approximate surface area is 145 Å².